The highest BCUT2D eigenvalue weighted by molar-refractivity contribution is 5.43. The standard InChI is InChI=1S/C12H16FNO2/c13-10-2-1-3-11(8-10)14-9-12(15)4-6-16-7-5-12/h1-3,8,14-15H,4-7,9H2. The maximum Gasteiger partial charge on any atom is 0.125 e. The van der Waals surface area contributed by atoms with Crippen LogP contribution in [0.15, 0.2) is 24.3 Å². The molecule has 1 fully saturated rings. The van der Waals surface area contributed by atoms with E-state index in [0.717, 1.165) is 0 Å². The quantitative estimate of drug-likeness (QED) is 0.824. The van der Waals surface area contributed by atoms with E-state index in [1.165, 1.54) is 12.1 Å². The van der Waals surface area contributed by atoms with Crippen LogP contribution in [-0.4, -0.2) is 30.5 Å². The molecular weight excluding hydrogens is 209 g/mol. The van der Waals surface area contributed by atoms with Gasteiger partial charge in [-0.1, -0.05) is 6.07 Å². The summed E-state index contributed by atoms with van der Waals surface area (Å²) in [6, 6.07) is 6.24. The first kappa shape index (κ1) is 11.4. The molecule has 0 amide bonds. The molecule has 1 heterocycles. The molecule has 88 valence electrons. The van der Waals surface area contributed by atoms with Gasteiger partial charge in [-0.25, -0.2) is 4.39 Å². The minimum atomic E-state index is -0.732. The fraction of sp³-hybridized carbons (Fsp3) is 0.500. The van der Waals surface area contributed by atoms with Gasteiger partial charge in [-0.05, 0) is 18.2 Å². The number of halogens is 1. The van der Waals surface area contributed by atoms with Crippen molar-refractivity contribution in [2.45, 2.75) is 18.4 Å². The first-order valence-electron chi connectivity index (χ1n) is 5.48. The van der Waals surface area contributed by atoms with Gasteiger partial charge in [0.05, 0.1) is 5.60 Å². The molecule has 0 spiro atoms. The number of hydrogen-bond acceptors (Lipinski definition) is 3. The van der Waals surface area contributed by atoms with Gasteiger partial charge >= 0.3 is 0 Å². The highest BCUT2D eigenvalue weighted by atomic mass is 19.1. The number of benzene rings is 1. The molecule has 0 aliphatic carbocycles. The molecule has 1 aromatic carbocycles. The van der Waals surface area contributed by atoms with Gasteiger partial charge in [-0.15, -0.1) is 0 Å². The average Bonchev–Trinajstić information content (AvgIpc) is 2.28. The SMILES string of the molecule is OC1(CNc2cccc(F)c2)CCOCC1. The van der Waals surface area contributed by atoms with Crippen molar-refractivity contribution in [1.29, 1.82) is 0 Å². The molecule has 0 radical (unpaired) electrons. The maximum absolute atomic E-state index is 12.9. The van der Waals surface area contributed by atoms with Gasteiger partial charge in [0.25, 0.3) is 0 Å². The topological polar surface area (TPSA) is 41.5 Å². The van der Waals surface area contributed by atoms with Crippen LogP contribution in [0.2, 0.25) is 0 Å². The molecule has 0 aromatic heterocycles. The van der Waals surface area contributed by atoms with E-state index in [4.69, 9.17) is 4.74 Å². The molecule has 1 aliphatic heterocycles. The highest BCUT2D eigenvalue weighted by Crippen LogP contribution is 2.21. The summed E-state index contributed by atoms with van der Waals surface area (Å²) >= 11 is 0. The second kappa shape index (κ2) is 4.80. The Morgan fingerprint density at radius 2 is 2.12 bits per heavy atom. The van der Waals surface area contributed by atoms with E-state index in [0.29, 0.717) is 38.3 Å². The minimum Gasteiger partial charge on any atom is -0.388 e. The van der Waals surface area contributed by atoms with E-state index in [-0.39, 0.29) is 5.82 Å². The summed E-state index contributed by atoms with van der Waals surface area (Å²) in [4.78, 5) is 0. The van der Waals surface area contributed by atoms with Gasteiger partial charge in [0, 0.05) is 38.3 Å². The van der Waals surface area contributed by atoms with E-state index in [1.807, 2.05) is 0 Å². The summed E-state index contributed by atoms with van der Waals surface area (Å²) < 4.78 is 18.1. The molecule has 1 aliphatic rings. The lowest BCUT2D eigenvalue weighted by atomic mass is 9.94. The fourth-order valence-electron chi connectivity index (χ4n) is 1.79. The Kier molecular flexibility index (Phi) is 3.41. The van der Waals surface area contributed by atoms with Gasteiger partial charge in [0.1, 0.15) is 5.82 Å². The van der Waals surface area contributed by atoms with Crippen LogP contribution in [0.3, 0.4) is 0 Å². The Hall–Kier alpha value is -1.13. The molecule has 2 rings (SSSR count). The van der Waals surface area contributed by atoms with E-state index in [9.17, 15) is 9.50 Å². The molecule has 0 bridgehead atoms. The lowest BCUT2D eigenvalue weighted by molar-refractivity contribution is -0.0543. The lowest BCUT2D eigenvalue weighted by Gasteiger charge is -2.32. The number of nitrogens with one attached hydrogen (secondary N) is 1. The van der Waals surface area contributed by atoms with Crippen LogP contribution in [0.4, 0.5) is 10.1 Å². The summed E-state index contributed by atoms with van der Waals surface area (Å²) in [5.41, 5.74) is -0.0372. The number of rotatable bonds is 3. The summed E-state index contributed by atoms with van der Waals surface area (Å²) in [5, 5.41) is 13.2. The first-order chi connectivity index (χ1) is 7.68. The summed E-state index contributed by atoms with van der Waals surface area (Å²) in [7, 11) is 0. The zero-order chi connectivity index (χ0) is 11.4. The zero-order valence-electron chi connectivity index (χ0n) is 9.08. The molecule has 0 atom stereocenters. The van der Waals surface area contributed by atoms with E-state index in [1.54, 1.807) is 12.1 Å². The maximum atomic E-state index is 12.9. The Labute approximate surface area is 94.2 Å². The number of aliphatic hydroxyl groups is 1. The van der Waals surface area contributed by atoms with Crippen LogP contribution in [0.5, 0.6) is 0 Å². The Morgan fingerprint density at radius 1 is 1.38 bits per heavy atom. The van der Waals surface area contributed by atoms with Crippen LogP contribution in [-0.2, 0) is 4.74 Å². The van der Waals surface area contributed by atoms with E-state index in [2.05, 4.69) is 5.32 Å². The van der Waals surface area contributed by atoms with Crippen LogP contribution in [0, 0.1) is 5.82 Å². The fourth-order valence-corrected chi connectivity index (χ4v) is 1.79. The predicted molar refractivity (Wildman–Crippen MR) is 59.9 cm³/mol. The summed E-state index contributed by atoms with van der Waals surface area (Å²) in [6.07, 6.45) is 1.24. The molecule has 0 unspecified atom stereocenters. The van der Waals surface area contributed by atoms with E-state index >= 15 is 0 Å². The number of anilines is 1. The van der Waals surface area contributed by atoms with E-state index < -0.39 is 5.60 Å². The Morgan fingerprint density at radius 3 is 2.81 bits per heavy atom. The largest absolute Gasteiger partial charge is 0.388 e. The van der Waals surface area contributed by atoms with Crippen molar-refractivity contribution in [3.05, 3.63) is 30.1 Å². The van der Waals surface area contributed by atoms with Crippen molar-refractivity contribution < 1.29 is 14.2 Å². The van der Waals surface area contributed by atoms with Gasteiger partial charge in [-0.2, -0.15) is 0 Å². The zero-order valence-corrected chi connectivity index (χ0v) is 9.08. The van der Waals surface area contributed by atoms with Crippen LogP contribution in [0.1, 0.15) is 12.8 Å². The van der Waals surface area contributed by atoms with Crippen LogP contribution in [0.25, 0.3) is 0 Å². The van der Waals surface area contributed by atoms with Gasteiger partial charge in [0.15, 0.2) is 0 Å². The van der Waals surface area contributed by atoms with Gasteiger partial charge in [-0.3, -0.25) is 0 Å². The molecule has 4 heteroatoms. The summed E-state index contributed by atoms with van der Waals surface area (Å²) in [5.74, 6) is -0.274. The Balaban J connectivity index is 1.91. The highest BCUT2D eigenvalue weighted by Gasteiger charge is 2.29. The molecule has 3 nitrogen and oxygen atoms in total. The average molecular weight is 225 g/mol. The van der Waals surface area contributed by atoms with Crippen molar-refractivity contribution in [2.75, 3.05) is 25.1 Å². The predicted octanol–water partition coefficient (Wildman–Crippen LogP) is 1.78. The molecule has 1 aromatic rings. The second-order valence-corrected chi connectivity index (χ2v) is 4.20. The van der Waals surface area contributed by atoms with Gasteiger partial charge < -0.3 is 15.2 Å². The van der Waals surface area contributed by atoms with Crippen molar-refractivity contribution in [2.24, 2.45) is 0 Å². The number of hydrogen-bond donors (Lipinski definition) is 2. The van der Waals surface area contributed by atoms with Crippen molar-refractivity contribution in [3.63, 3.8) is 0 Å². The third-order valence-corrected chi connectivity index (χ3v) is 2.87. The third-order valence-electron chi connectivity index (χ3n) is 2.87. The summed E-state index contributed by atoms with van der Waals surface area (Å²) in [6.45, 7) is 1.60. The minimum absolute atomic E-state index is 0.274. The van der Waals surface area contributed by atoms with Crippen molar-refractivity contribution in [3.8, 4) is 0 Å². The molecule has 1 saturated heterocycles. The van der Waals surface area contributed by atoms with Crippen LogP contribution < -0.4 is 5.32 Å². The monoisotopic (exact) mass is 225 g/mol. The molecule has 16 heavy (non-hydrogen) atoms. The molecular formula is C12H16FNO2. The second-order valence-electron chi connectivity index (χ2n) is 4.20. The van der Waals surface area contributed by atoms with Crippen molar-refractivity contribution >= 4 is 5.69 Å². The molecule has 2 N–H and O–H groups in total. The van der Waals surface area contributed by atoms with Crippen molar-refractivity contribution in [1.82, 2.24) is 0 Å². The molecule has 0 saturated carbocycles. The lowest BCUT2D eigenvalue weighted by Crippen LogP contribution is -2.42. The smallest absolute Gasteiger partial charge is 0.125 e. The number of ether oxygens (including phenoxy) is 1. The van der Waals surface area contributed by atoms with Gasteiger partial charge in [0.2, 0.25) is 0 Å². The third kappa shape index (κ3) is 2.93. The first-order valence-corrected chi connectivity index (χ1v) is 5.48. The van der Waals surface area contributed by atoms with Crippen LogP contribution >= 0.6 is 0 Å². The Bertz CT molecular complexity index is 351. The normalized spacial score (nSPS) is 19.4.